The summed E-state index contributed by atoms with van der Waals surface area (Å²) in [5.41, 5.74) is 5.75. The molecule has 0 fully saturated rings. The Bertz CT molecular complexity index is 1560. The highest BCUT2D eigenvalue weighted by atomic mass is 19.2. The Balaban J connectivity index is 1.44. The van der Waals surface area contributed by atoms with Crippen molar-refractivity contribution in [3.8, 4) is 28.4 Å². The van der Waals surface area contributed by atoms with Gasteiger partial charge in [-0.3, -0.25) is 0 Å². The average molecular weight is 568 g/mol. The van der Waals surface area contributed by atoms with Gasteiger partial charge in [0.05, 0.1) is 6.61 Å². The second-order valence-corrected chi connectivity index (χ2v) is 9.07. The van der Waals surface area contributed by atoms with E-state index in [1.165, 1.54) is 12.1 Å². The van der Waals surface area contributed by atoms with Crippen LogP contribution in [0.1, 0.15) is 38.3 Å². The van der Waals surface area contributed by atoms with Crippen LogP contribution in [-0.2, 0) is 0 Å². The zero-order valence-corrected chi connectivity index (χ0v) is 22.1. The molecule has 2 N–H and O–H groups in total. The summed E-state index contributed by atoms with van der Waals surface area (Å²) in [6, 6.07) is 17.6. The van der Waals surface area contributed by atoms with Crippen molar-refractivity contribution in [1.82, 2.24) is 0 Å². The van der Waals surface area contributed by atoms with E-state index in [0.29, 0.717) is 42.2 Å². The molecule has 4 aromatic rings. The Morgan fingerprint density at radius 2 is 1.22 bits per heavy atom. The summed E-state index contributed by atoms with van der Waals surface area (Å²) >= 11 is 0. The van der Waals surface area contributed by atoms with Crippen molar-refractivity contribution in [1.29, 1.82) is 0 Å². The number of rotatable bonds is 9. The maximum Gasteiger partial charge on any atom is 0.349 e. The zero-order chi connectivity index (χ0) is 29.7. The van der Waals surface area contributed by atoms with E-state index >= 15 is 0 Å². The molecule has 41 heavy (non-hydrogen) atoms. The van der Waals surface area contributed by atoms with Crippen molar-refractivity contribution in [3.05, 3.63) is 112 Å². The van der Waals surface area contributed by atoms with Crippen LogP contribution in [0.25, 0.3) is 11.1 Å². The van der Waals surface area contributed by atoms with Crippen molar-refractivity contribution >= 4 is 11.9 Å². The first kappa shape index (κ1) is 29.3. The maximum absolute atomic E-state index is 14.1. The van der Waals surface area contributed by atoms with Crippen molar-refractivity contribution in [2.45, 2.75) is 20.3 Å². The lowest BCUT2D eigenvalue weighted by Crippen LogP contribution is -2.17. The third kappa shape index (κ3) is 6.55. The number of carbonyl (C=O) groups excluding carboxylic acids is 2. The van der Waals surface area contributed by atoms with Crippen molar-refractivity contribution in [2.24, 2.45) is 5.73 Å². The van der Waals surface area contributed by atoms with E-state index in [9.17, 15) is 27.2 Å². The quantitative estimate of drug-likeness (QED) is 0.0797. The maximum atomic E-state index is 14.1. The lowest BCUT2D eigenvalue weighted by atomic mass is 10.1. The fourth-order valence-electron chi connectivity index (χ4n) is 3.85. The van der Waals surface area contributed by atoms with Gasteiger partial charge in [0.25, 0.3) is 0 Å². The number of carbonyl (C=O) groups is 2. The van der Waals surface area contributed by atoms with E-state index in [1.807, 2.05) is 6.92 Å². The molecule has 0 aliphatic carbocycles. The predicted molar refractivity (Wildman–Crippen MR) is 143 cm³/mol. The third-order valence-corrected chi connectivity index (χ3v) is 6.11. The van der Waals surface area contributed by atoms with Crippen LogP contribution >= 0.6 is 0 Å². The molecule has 4 aromatic carbocycles. The van der Waals surface area contributed by atoms with Crippen LogP contribution in [0.5, 0.6) is 17.2 Å². The van der Waals surface area contributed by atoms with E-state index in [2.05, 4.69) is 0 Å². The number of hydrogen-bond acceptors (Lipinski definition) is 6. The van der Waals surface area contributed by atoms with Crippen molar-refractivity contribution < 1.29 is 41.4 Å². The number of ether oxygens (including phenoxy) is 3. The van der Waals surface area contributed by atoms with Gasteiger partial charge in [-0.2, -0.15) is 0 Å². The highest BCUT2D eigenvalue weighted by molar-refractivity contribution is 5.94. The highest BCUT2D eigenvalue weighted by Gasteiger charge is 2.29. The fraction of sp³-hybridized carbons (Fsp3) is 0.161. The molecule has 10 heteroatoms. The lowest BCUT2D eigenvalue weighted by molar-refractivity contribution is 0.0715. The second-order valence-electron chi connectivity index (χ2n) is 9.07. The number of aryl methyl sites for hydroxylation is 1. The first-order valence-corrected chi connectivity index (χ1v) is 12.5. The summed E-state index contributed by atoms with van der Waals surface area (Å²) in [4.78, 5) is 25.1. The molecular formula is C31H25F4NO5. The summed E-state index contributed by atoms with van der Waals surface area (Å²) in [7, 11) is 0. The van der Waals surface area contributed by atoms with Gasteiger partial charge in [0.2, 0.25) is 0 Å². The van der Waals surface area contributed by atoms with Gasteiger partial charge >= 0.3 is 11.9 Å². The summed E-state index contributed by atoms with van der Waals surface area (Å²) in [6.07, 6.45) is 0.636. The minimum Gasteiger partial charge on any atom is -0.493 e. The standard InChI is InChI=1S/C31H25F4NO5/c1-17-4-13-23(24(16-17)39-15-3-14-36)30(37)40-21-9-5-19(6-10-21)20-7-11-22(12-8-20)41-31(38)25-28(34)26(32)18(2)27(33)29(25)35/h4-13,16H,3,14-15,36H2,1-2H3. The molecule has 0 bridgehead atoms. The zero-order valence-electron chi connectivity index (χ0n) is 22.1. The lowest BCUT2D eigenvalue weighted by Gasteiger charge is -2.12. The van der Waals surface area contributed by atoms with Crippen molar-refractivity contribution in [3.63, 3.8) is 0 Å². The van der Waals surface area contributed by atoms with Gasteiger partial charge in [-0.25, -0.2) is 27.2 Å². The normalized spacial score (nSPS) is 10.8. The molecule has 0 saturated heterocycles. The van der Waals surface area contributed by atoms with E-state index in [-0.39, 0.29) is 11.3 Å². The second kappa shape index (κ2) is 12.6. The molecule has 0 unspecified atom stereocenters. The van der Waals surface area contributed by atoms with Crippen LogP contribution in [0.15, 0.2) is 66.7 Å². The molecule has 0 aliphatic rings. The first-order valence-electron chi connectivity index (χ1n) is 12.5. The molecule has 4 rings (SSSR count). The molecule has 6 nitrogen and oxygen atoms in total. The Morgan fingerprint density at radius 1 is 0.707 bits per heavy atom. The van der Waals surface area contributed by atoms with E-state index < -0.39 is 46.3 Å². The van der Waals surface area contributed by atoms with Gasteiger partial charge in [-0.05, 0) is 79.9 Å². The van der Waals surface area contributed by atoms with Gasteiger partial charge in [0.15, 0.2) is 23.3 Å². The Kier molecular flexibility index (Phi) is 9.04. The molecule has 0 atom stereocenters. The summed E-state index contributed by atoms with van der Waals surface area (Å²) in [6.45, 7) is 3.56. The summed E-state index contributed by atoms with van der Waals surface area (Å²) < 4.78 is 72.0. The summed E-state index contributed by atoms with van der Waals surface area (Å²) in [5, 5.41) is 0. The number of nitrogens with two attached hydrogens (primary N) is 1. The van der Waals surface area contributed by atoms with Crippen LogP contribution in [0, 0.1) is 37.1 Å². The van der Waals surface area contributed by atoms with Gasteiger partial charge < -0.3 is 19.9 Å². The molecule has 0 aliphatic heterocycles. The smallest absolute Gasteiger partial charge is 0.349 e. The van der Waals surface area contributed by atoms with Crippen LogP contribution in [0.4, 0.5) is 17.6 Å². The Morgan fingerprint density at radius 3 is 1.73 bits per heavy atom. The molecule has 0 spiro atoms. The fourth-order valence-corrected chi connectivity index (χ4v) is 3.85. The van der Waals surface area contributed by atoms with E-state index in [1.54, 1.807) is 54.6 Å². The molecule has 212 valence electrons. The van der Waals surface area contributed by atoms with Gasteiger partial charge in [-0.15, -0.1) is 0 Å². The SMILES string of the molecule is Cc1ccc(C(=O)Oc2ccc(-c3ccc(OC(=O)c4c(F)c(F)c(C)c(F)c4F)cc3)cc2)c(OCCCN)c1. The van der Waals surface area contributed by atoms with Crippen LogP contribution in [0.2, 0.25) is 0 Å². The molecular weight excluding hydrogens is 542 g/mol. The van der Waals surface area contributed by atoms with Gasteiger partial charge in [0.1, 0.15) is 28.4 Å². The minimum atomic E-state index is -1.83. The van der Waals surface area contributed by atoms with Crippen LogP contribution < -0.4 is 19.9 Å². The number of benzene rings is 4. The van der Waals surface area contributed by atoms with Gasteiger partial charge in [0, 0.05) is 5.56 Å². The topological polar surface area (TPSA) is 87.8 Å². The largest absolute Gasteiger partial charge is 0.493 e. The molecule has 0 heterocycles. The van der Waals surface area contributed by atoms with Crippen LogP contribution in [-0.4, -0.2) is 25.1 Å². The van der Waals surface area contributed by atoms with Crippen molar-refractivity contribution in [2.75, 3.05) is 13.2 Å². The summed E-state index contributed by atoms with van der Waals surface area (Å²) in [5.74, 6) is -8.59. The minimum absolute atomic E-state index is 0.105. The number of halogens is 4. The molecule has 0 amide bonds. The number of hydrogen-bond donors (Lipinski definition) is 1. The van der Waals surface area contributed by atoms with E-state index in [0.717, 1.165) is 12.5 Å². The highest BCUT2D eigenvalue weighted by Crippen LogP contribution is 2.28. The molecule has 0 saturated carbocycles. The average Bonchev–Trinajstić information content (AvgIpc) is 2.96. The van der Waals surface area contributed by atoms with Gasteiger partial charge in [-0.1, -0.05) is 30.3 Å². The first-order chi connectivity index (χ1) is 19.6. The van der Waals surface area contributed by atoms with E-state index in [4.69, 9.17) is 19.9 Å². The monoisotopic (exact) mass is 567 g/mol. The van der Waals surface area contributed by atoms with Crippen LogP contribution in [0.3, 0.4) is 0 Å². The predicted octanol–water partition coefficient (Wildman–Crippen LogP) is 6.69. The molecule has 0 radical (unpaired) electrons. The number of esters is 2. The Hall–Kier alpha value is -4.70. The third-order valence-electron chi connectivity index (χ3n) is 6.11. The Labute approximate surface area is 233 Å². The molecule has 0 aromatic heterocycles.